The van der Waals surface area contributed by atoms with Gasteiger partial charge in [-0.15, -0.1) is 0 Å². The highest BCUT2D eigenvalue weighted by Gasteiger charge is 2.08. The van der Waals surface area contributed by atoms with E-state index in [0.29, 0.717) is 30.5 Å². The summed E-state index contributed by atoms with van der Waals surface area (Å²) in [5, 5.41) is 3.38. The second-order valence-corrected chi connectivity index (χ2v) is 5.45. The molecular formula is C17H20ClN3O2. The number of nitrogens with one attached hydrogen (secondary N) is 1. The van der Waals surface area contributed by atoms with Gasteiger partial charge in [0, 0.05) is 26.0 Å². The Kier molecular flexibility index (Phi) is 6.69. The van der Waals surface area contributed by atoms with Crippen molar-refractivity contribution < 1.29 is 9.53 Å². The lowest BCUT2D eigenvalue weighted by atomic mass is 10.2. The third kappa shape index (κ3) is 5.79. The maximum atomic E-state index is 12.0. The van der Waals surface area contributed by atoms with Crippen molar-refractivity contribution in [3.8, 4) is 5.75 Å². The van der Waals surface area contributed by atoms with Crippen LogP contribution in [0.25, 0.3) is 0 Å². The normalized spacial score (nSPS) is 10.2. The summed E-state index contributed by atoms with van der Waals surface area (Å²) in [4.78, 5) is 17.6. The Morgan fingerprint density at radius 3 is 2.74 bits per heavy atom. The molecule has 2 rings (SSSR count). The molecule has 0 spiro atoms. The van der Waals surface area contributed by atoms with Crippen LogP contribution in [-0.4, -0.2) is 42.7 Å². The Labute approximate surface area is 141 Å². The minimum Gasteiger partial charge on any atom is -0.490 e. The number of nitrogens with zero attached hydrogens (tertiary/aromatic N) is 2. The molecular weight excluding hydrogens is 314 g/mol. The number of carbonyl (C=O) groups is 1. The summed E-state index contributed by atoms with van der Waals surface area (Å²) in [5.74, 6) is 0.620. The lowest BCUT2D eigenvalue weighted by Crippen LogP contribution is -2.40. The van der Waals surface area contributed by atoms with Crippen molar-refractivity contribution in [2.45, 2.75) is 6.42 Å². The molecule has 6 heteroatoms. The molecule has 1 aromatic heterocycles. The summed E-state index contributed by atoms with van der Waals surface area (Å²) in [6.07, 6.45) is 4.30. The molecule has 0 aliphatic rings. The number of pyridine rings is 1. The average molecular weight is 334 g/mol. The topological polar surface area (TPSA) is 54.5 Å². The minimum absolute atomic E-state index is 0.123. The third-order valence-electron chi connectivity index (χ3n) is 3.30. The Morgan fingerprint density at radius 1 is 1.26 bits per heavy atom. The fourth-order valence-electron chi connectivity index (χ4n) is 1.96. The minimum atomic E-state index is -0.123. The first-order chi connectivity index (χ1) is 11.2. The first-order valence-corrected chi connectivity index (χ1v) is 7.80. The number of rotatable bonds is 7. The summed E-state index contributed by atoms with van der Waals surface area (Å²) in [6, 6.07) is 11.0. The predicted molar refractivity (Wildman–Crippen MR) is 90.9 cm³/mol. The molecule has 0 atom stereocenters. The number of benzene rings is 1. The predicted octanol–water partition coefficient (Wildman–Crippen LogP) is 3.00. The van der Waals surface area contributed by atoms with Crippen LogP contribution in [0.2, 0.25) is 5.02 Å². The number of hydrogen-bond donors (Lipinski definition) is 1. The van der Waals surface area contributed by atoms with E-state index in [1.54, 1.807) is 36.5 Å². The van der Waals surface area contributed by atoms with Gasteiger partial charge < -0.3 is 15.0 Å². The van der Waals surface area contributed by atoms with Gasteiger partial charge in [0.05, 0.1) is 11.6 Å². The number of amides is 2. The van der Waals surface area contributed by atoms with Crippen molar-refractivity contribution in [1.82, 2.24) is 15.2 Å². The van der Waals surface area contributed by atoms with Crippen molar-refractivity contribution in [1.29, 1.82) is 0 Å². The number of halogens is 1. The zero-order chi connectivity index (χ0) is 16.5. The standard InChI is InChI=1S/C17H20ClN3O2/c1-21(12-8-14-6-9-19-10-7-14)17(22)20-11-13-23-16-5-3-2-4-15(16)18/h2-7,9-10H,8,11-13H2,1H3,(H,20,22). The summed E-state index contributed by atoms with van der Waals surface area (Å²) in [7, 11) is 1.77. The van der Waals surface area contributed by atoms with Crippen LogP contribution < -0.4 is 10.1 Å². The molecule has 5 nitrogen and oxygen atoms in total. The molecule has 0 bridgehead atoms. The second-order valence-electron chi connectivity index (χ2n) is 5.04. The van der Waals surface area contributed by atoms with Gasteiger partial charge in [0.1, 0.15) is 12.4 Å². The van der Waals surface area contributed by atoms with E-state index in [1.807, 2.05) is 24.3 Å². The van der Waals surface area contributed by atoms with Gasteiger partial charge in [-0.05, 0) is 36.2 Å². The fourth-order valence-corrected chi connectivity index (χ4v) is 2.15. The molecule has 23 heavy (non-hydrogen) atoms. The smallest absolute Gasteiger partial charge is 0.317 e. The molecule has 0 aliphatic carbocycles. The summed E-state index contributed by atoms with van der Waals surface area (Å²) >= 11 is 5.99. The molecule has 2 aromatic rings. The summed E-state index contributed by atoms with van der Waals surface area (Å²) in [6.45, 7) is 1.43. The van der Waals surface area contributed by atoms with Gasteiger partial charge in [0.15, 0.2) is 0 Å². The van der Waals surface area contributed by atoms with Crippen LogP contribution in [0, 0.1) is 0 Å². The average Bonchev–Trinajstić information content (AvgIpc) is 2.58. The van der Waals surface area contributed by atoms with Gasteiger partial charge >= 0.3 is 6.03 Å². The summed E-state index contributed by atoms with van der Waals surface area (Å²) in [5.41, 5.74) is 1.15. The monoisotopic (exact) mass is 333 g/mol. The van der Waals surface area contributed by atoms with E-state index < -0.39 is 0 Å². The lowest BCUT2D eigenvalue weighted by Gasteiger charge is -2.18. The van der Waals surface area contributed by atoms with Crippen molar-refractivity contribution in [3.05, 3.63) is 59.4 Å². The van der Waals surface area contributed by atoms with E-state index in [2.05, 4.69) is 10.3 Å². The Hall–Kier alpha value is -2.27. The van der Waals surface area contributed by atoms with Gasteiger partial charge in [-0.25, -0.2) is 4.79 Å². The number of aromatic nitrogens is 1. The van der Waals surface area contributed by atoms with Crippen molar-refractivity contribution in [3.63, 3.8) is 0 Å². The van der Waals surface area contributed by atoms with Gasteiger partial charge in [-0.3, -0.25) is 4.98 Å². The lowest BCUT2D eigenvalue weighted by molar-refractivity contribution is 0.206. The first kappa shape index (κ1) is 17.1. The third-order valence-corrected chi connectivity index (χ3v) is 3.62. The highest BCUT2D eigenvalue weighted by atomic mass is 35.5. The van der Waals surface area contributed by atoms with Crippen LogP contribution in [-0.2, 0) is 6.42 Å². The van der Waals surface area contributed by atoms with Gasteiger partial charge in [0.25, 0.3) is 0 Å². The van der Waals surface area contributed by atoms with Gasteiger partial charge in [-0.1, -0.05) is 23.7 Å². The van der Waals surface area contributed by atoms with Crippen molar-refractivity contribution in [2.24, 2.45) is 0 Å². The molecule has 1 heterocycles. The molecule has 122 valence electrons. The van der Waals surface area contributed by atoms with Gasteiger partial charge in [-0.2, -0.15) is 0 Å². The first-order valence-electron chi connectivity index (χ1n) is 7.42. The molecule has 2 amide bonds. The molecule has 0 saturated heterocycles. The zero-order valence-electron chi connectivity index (χ0n) is 13.0. The number of likely N-dealkylation sites (N-methyl/N-ethyl adjacent to an activating group) is 1. The SMILES string of the molecule is CN(CCc1ccncc1)C(=O)NCCOc1ccccc1Cl. The van der Waals surface area contributed by atoms with Crippen LogP contribution in [0.4, 0.5) is 4.79 Å². The van der Waals surface area contributed by atoms with E-state index in [0.717, 1.165) is 12.0 Å². The largest absolute Gasteiger partial charge is 0.490 e. The highest BCUT2D eigenvalue weighted by molar-refractivity contribution is 6.32. The maximum Gasteiger partial charge on any atom is 0.317 e. The second kappa shape index (κ2) is 9.00. The number of ether oxygens (including phenoxy) is 1. The molecule has 0 saturated carbocycles. The number of hydrogen-bond acceptors (Lipinski definition) is 3. The molecule has 1 aromatic carbocycles. The van der Waals surface area contributed by atoms with E-state index in [1.165, 1.54) is 0 Å². The molecule has 0 fully saturated rings. The van der Waals surface area contributed by atoms with Crippen LogP contribution in [0.15, 0.2) is 48.8 Å². The van der Waals surface area contributed by atoms with E-state index >= 15 is 0 Å². The molecule has 1 N–H and O–H groups in total. The van der Waals surface area contributed by atoms with E-state index in [-0.39, 0.29) is 6.03 Å². The Balaban J connectivity index is 1.65. The molecule has 0 radical (unpaired) electrons. The van der Waals surface area contributed by atoms with Crippen LogP contribution >= 0.6 is 11.6 Å². The molecule has 0 unspecified atom stereocenters. The van der Waals surface area contributed by atoms with E-state index in [9.17, 15) is 4.79 Å². The highest BCUT2D eigenvalue weighted by Crippen LogP contribution is 2.22. The zero-order valence-corrected chi connectivity index (χ0v) is 13.8. The van der Waals surface area contributed by atoms with Crippen molar-refractivity contribution in [2.75, 3.05) is 26.7 Å². The molecule has 0 aliphatic heterocycles. The summed E-state index contributed by atoms with van der Waals surface area (Å²) < 4.78 is 5.52. The van der Waals surface area contributed by atoms with Crippen LogP contribution in [0.5, 0.6) is 5.75 Å². The number of para-hydroxylation sites is 1. The van der Waals surface area contributed by atoms with Crippen molar-refractivity contribution >= 4 is 17.6 Å². The van der Waals surface area contributed by atoms with Crippen LogP contribution in [0.3, 0.4) is 0 Å². The Bertz CT molecular complexity index is 622. The quantitative estimate of drug-likeness (QED) is 0.792. The fraction of sp³-hybridized carbons (Fsp3) is 0.294. The Morgan fingerprint density at radius 2 is 2.00 bits per heavy atom. The maximum absolute atomic E-state index is 12.0. The number of urea groups is 1. The van der Waals surface area contributed by atoms with Gasteiger partial charge in [0.2, 0.25) is 0 Å². The van der Waals surface area contributed by atoms with Crippen LogP contribution in [0.1, 0.15) is 5.56 Å². The number of carbonyl (C=O) groups excluding carboxylic acids is 1. The van der Waals surface area contributed by atoms with E-state index in [4.69, 9.17) is 16.3 Å².